The van der Waals surface area contributed by atoms with Gasteiger partial charge in [0.2, 0.25) is 5.91 Å². The van der Waals surface area contributed by atoms with E-state index in [1.165, 1.54) is 17.8 Å². The van der Waals surface area contributed by atoms with Crippen molar-refractivity contribution < 1.29 is 22.7 Å². The fourth-order valence-electron chi connectivity index (χ4n) is 2.32. The first-order chi connectivity index (χ1) is 13.2. The van der Waals surface area contributed by atoms with Gasteiger partial charge in [0.1, 0.15) is 12.3 Å². The van der Waals surface area contributed by atoms with Crippen molar-refractivity contribution in [3.05, 3.63) is 58.6 Å². The van der Waals surface area contributed by atoms with E-state index < -0.39 is 17.8 Å². The number of hydrogen-bond acceptors (Lipinski definition) is 4. The van der Waals surface area contributed by atoms with Crippen molar-refractivity contribution in [3.8, 4) is 5.75 Å². The minimum atomic E-state index is -4.55. The van der Waals surface area contributed by atoms with Crippen LogP contribution in [0.2, 0.25) is 0 Å². The number of hydrogen-bond donors (Lipinski definition) is 1. The summed E-state index contributed by atoms with van der Waals surface area (Å²) in [4.78, 5) is 12.1. The van der Waals surface area contributed by atoms with Gasteiger partial charge in [0.25, 0.3) is 0 Å². The van der Waals surface area contributed by atoms with E-state index >= 15 is 0 Å². The zero-order chi connectivity index (χ0) is 20.3. The fraction of sp³-hybridized carbons (Fsp3) is 0.235. The minimum Gasteiger partial charge on any atom is -0.471 e. The number of nitrogens with zero attached hydrogens (tertiary/aromatic N) is 4. The SMILES string of the molecule is Cc1cc(C(F)(F)F)nn1CC(=O)Nc1cnn(COc2ccc(Br)cc2)c1. The predicted molar refractivity (Wildman–Crippen MR) is 97.6 cm³/mol. The molecule has 0 spiro atoms. The quantitative estimate of drug-likeness (QED) is 0.610. The van der Waals surface area contributed by atoms with Crippen LogP contribution in [-0.4, -0.2) is 25.5 Å². The maximum Gasteiger partial charge on any atom is 0.435 e. The lowest BCUT2D eigenvalue weighted by Crippen LogP contribution is -2.20. The molecule has 3 aromatic rings. The van der Waals surface area contributed by atoms with Gasteiger partial charge in [-0.3, -0.25) is 9.48 Å². The highest BCUT2D eigenvalue weighted by atomic mass is 79.9. The molecule has 0 saturated heterocycles. The van der Waals surface area contributed by atoms with E-state index in [-0.39, 0.29) is 19.0 Å². The summed E-state index contributed by atoms with van der Waals surface area (Å²) >= 11 is 3.33. The number of anilines is 1. The Bertz CT molecular complexity index is 966. The van der Waals surface area contributed by atoms with Crippen molar-refractivity contribution in [2.24, 2.45) is 0 Å². The molecule has 7 nitrogen and oxygen atoms in total. The van der Waals surface area contributed by atoms with Gasteiger partial charge in [0.05, 0.1) is 18.1 Å². The van der Waals surface area contributed by atoms with E-state index in [1.807, 2.05) is 12.1 Å². The second kappa shape index (κ2) is 8.05. The molecule has 11 heteroatoms. The molecular weight excluding hydrogens is 443 g/mol. The minimum absolute atomic E-state index is 0.130. The molecule has 1 N–H and O–H groups in total. The summed E-state index contributed by atoms with van der Waals surface area (Å²) in [5.41, 5.74) is -0.401. The molecule has 0 aliphatic rings. The summed E-state index contributed by atoms with van der Waals surface area (Å²) in [6.07, 6.45) is -1.59. The fourth-order valence-corrected chi connectivity index (χ4v) is 2.58. The lowest BCUT2D eigenvalue weighted by molar-refractivity contribution is -0.141. The van der Waals surface area contributed by atoms with Gasteiger partial charge >= 0.3 is 6.18 Å². The molecule has 0 radical (unpaired) electrons. The number of nitrogens with one attached hydrogen (secondary N) is 1. The number of carbonyl (C=O) groups excluding carboxylic acids is 1. The molecule has 2 aromatic heterocycles. The van der Waals surface area contributed by atoms with Gasteiger partial charge in [0.15, 0.2) is 12.4 Å². The molecule has 1 amide bonds. The van der Waals surface area contributed by atoms with Gasteiger partial charge in [0, 0.05) is 10.2 Å². The van der Waals surface area contributed by atoms with Crippen LogP contribution in [0.1, 0.15) is 11.4 Å². The first kappa shape index (κ1) is 19.9. The van der Waals surface area contributed by atoms with Crippen LogP contribution >= 0.6 is 15.9 Å². The van der Waals surface area contributed by atoms with Crippen molar-refractivity contribution in [2.45, 2.75) is 26.4 Å². The number of aromatic nitrogens is 4. The van der Waals surface area contributed by atoms with Crippen molar-refractivity contribution in [1.82, 2.24) is 19.6 Å². The van der Waals surface area contributed by atoms with Crippen molar-refractivity contribution in [3.63, 3.8) is 0 Å². The average molecular weight is 458 g/mol. The molecule has 0 aliphatic heterocycles. The lowest BCUT2D eigenvalue weighted by Gasteiger charge is -2.06. The van der Waals surface area contributed by atoms with E-state index in [2.05, 4.69) is 31.4 Å². The Morgan fingerprint density at radius 3 is 2.64 bits per heavy atom. The molecule has 0 fully saturated rings. The third kappa shape index (κ3) is 5.12. The molecule has 0 aliphatic carbocycles. The molecule has 148 valence electrons. The highest BCUT2D eigenvalue weighted by Gasteiger charge is 2.34. The Labute approximate surface area is 166 Å². The van der Waals surface area contributed by atoms with Crippen molar-refractivity contribution in [2.75, 3.05) is 5.32 Å². The monoisotopic (exact) mass is 457 g/mol. The molecule has 0 saturated carbocycles. The molecule has 2 heterocycles. The van der Waals surface area contributed by atoms with Crippen molar-refractivity contribution >= 4 is 27.5 Å². The predicted octanol–water partition coefficient (Wildman–Crippen LogP) is 3.84. The normalized spacial score (nSPS) is 11.5. The van der Waals surface area contributed by atoms with Crippen LogP contribution in [0.4, 0.5) is 18.9 Å². The maximum absolute atomic E-state index is 12.7. The van der Waals surface area contributed by atoms with E-state index in [0.717, 1.165) is 15.2 Å². The molecular formula is C17H15BrF3N5O2. The van der Waals surface area contributed by atoms with Gasteiger partial charge < -0.3 is 10.1 Å². The largest absolute Gasteiger partial charge is 0.471 e. The number of alkyl halides is 3. The molecule has 3 rings (SSSR count). The summed E-state index contributed by atoms with van der Waals surface area (Å²) < 4.78 is 47.0. The van der Waals surface area contributed by atoms with Crippen LogP contribution in [0, 0.1) is 6.92 Å². The number of carbonyl (C=O) groups is 1. The van der Waals surface area contributed by atoms with E-state index in [1.54, 1.807) is 18.3 Å². The van der Waals surface area contributed by atoms with Gasteiger partial charge in [-0.2, -0.15) is 23.4 Å². The van der Waals surface area contributed by atoms with Crippen LogP contribution in [0.25, 0.3) is 0 Å². The Hall–Kier alpha value is -2.82. The van der Waals surface area contributed by atoms with Gasteiger partial charge in [-0.15, -0.1) is 0 Å². The highest BCUT2D eigenvalue weighted by molar-refractivity contribution is 9.10. The number of aryl methyl sites for hydroxylation is 1. The van der Waals surface area contributed by atoms with E-state index in [4.69, 9.17) is 4.74 Å². The second-order valence-electron chi connectivity index (χ2n) is 5.87. The van der Waals surface area contributed by atoms with Gasteiger partial charge in [-0.05, 0) is 37.3 Å². The molecule has 0 unspecified atom stereocenters. The molecule has 28 heavy (non-hydrogen) atoms. The Kier molecular flexibility index (Phi) is 5.73. The van der Waals surface area contributed by atoms with Crippen LogP contribution in [0.5, 0.6) is 5.75 Å². The summed E-state index contributed by atoms with van der Waals surface area (Å²) in [6, 6.07) is 8.15. The second-order valence-corrected chi connectivity index (χ2v) is 6.79. The van der Waals surface area contributed by atoms with Gasteiger partial charge in [-0.25, -0.2) is 4.68 Å². The topological polar surface area (TPSA) is 74.0 Å². The number of benzene rings is 1. The Morgan fingerprint density at radius 2 is 2.00 bits per heavy atom. The van der Waals surface area contributed by atoms with E-state index in [9.17, 15) is 18.0 Å². The molecule has 0 atom stereocenters. The third-order valence-corrected chi connectivity index (χ3v) is 4.19. The first-order valence-electron chi connectivity index (χ1n) is 8.03. The third-order valence-electron chi connectivity index (χ3n) is 3.66. The summed E-state index contributed by atoms with van der Waals surface area (Å²) in [5.74, 6) is 0.132. The number of rotatable bonds is 6. The summed E-state index contributed by atoms with van der Waals surface area (Å²) in [6.45, 7) is 1.24. The zero-order valence-corrected chi connectivity index (χ0v) is 16.2. The first-order valence-corrected chi connectivity index (χ1v) is 8.82. The van der Waals surface area contributed by atoms with Crippen LogP contribution in [-0.2, 0) is 24.2 Å². The van der Waals surface area contributed by atoms with Crippen molar-refractivity contribution in [1.29, 1.82) is 0 Å². The Balaban J connectivity index is 1.55. The van der Waals surface area contributed by atoms with E-state index in [0.29, 0.717) is 11.4 Å². The van der Waals surface area contributed by atoms with Crippen LogP contribution in [0.15, 0.2) is 47.2 Å². The highest BCUT2D eigenvalue weighted by Crippen LogP contribution is 2.28. The summed E-state index contributed by atoms with van der Waals surface area (Å²) in [5, 5.41) is 10.0. The maximum atomic E-state index is 12.7. The number of ether oxygens (including phenoxy) is 1. The van der Waals surface area contributed by atoms with Gasteiger partial charge in [-0.1, -0.05) is 15.9 Å². The summed E-state index contributed by atoms with van der Waals surface area (Å²) in [7, 11) is 0. The number of halogens is 4. The lowest BCUT2D eigenvalue weighted by atomic mass is 10.3. The van der Waals surface area contributed by atoms with Crippen LogP contribution < -0.4 is 10.1 Å². The molecule has 1 aromatic carbocycles. The standard InChI is InChI=1S/C17H15BrF3N5O2/c1-11-6-15(17(19,20)21)24-26(11)9-16(27)23-13-7-22-25(8-13)10-28-14-4-2-12(18)3-5-14/h2-8H,9-10H2,1H3,(H,23,27). The zero-order valence-electron chi connectivity index (χ0n) is 14.6. The van der Waals surface area contributed by atoms with Crippen LogP contribution in [0.3, 0.4) is 0 Å². The number of amides is 1. The Morgan fingerprint density at radius 1 is 1.29 bits per heavy atom. The smallest absolute Gasteiger partial charge is 0.435 e. The average Bonchev–Trinajstić information content (AvgIpc) is 3.21. The molecule has 0 bridgehead atoms.